The van der Waals surface area contributed by atoms with Gasteiger partial charge in [0.25, 0.3) is 0 Å². The Morgan fingerprint density at radius 1 is 1.24 bits per heavy atom. The molecule has 0 unspecified atom stereocenters. The van der Waals surface area contributed by atoms with Crippen molar-refractivity contribution in [3.63, 3.8) is 0 Å². The molecule has 0 radical (unpaired) electrons. The molecule has 0 heterocycles. The van der Waals surface area contributed by atoms with Gasteiger partial charge in [-0.25, -0.2) is 0 Å². The van der Waals surface area contributed by atoms with Crippen LogP contribution in [0.25, 0.3) is 0 Å². The highest BCUT2D eigenvalue weighted by atomic mass is 32.2. The average Bonchev–Trinajstić information content (AvgIpc) is 2.23. The molecular formula is C10H17NO5S. The lowest BCUT2D eigenvalue weighted by Crippen LogP contribution is -2.35. The van der Waals surface area contributed by atoms with Crippen LogP contribution in [0.2, 0.25) is 0 Å². The van der Waals surface area contributed by atoms with Gasteiger partial charge in [0.2, 0.25) is 4.93 Å². The van der Waals surface area contributed by atoms with Gasteiger partial charge in [0.05, 0.1) is 0 Å². The highest BCUT2D eigenvalue weighted by Gasteiger charge is 2.37. The van der Waals surface area contributed by atoms with Crippen molar-refractivity contribution in [2.45, 2.75) is 18.8 Å². The Kier molecular flexibility index (Phi) is 6.25. The standard InChI is InChI=1S/C6H6O5S.C4H11N/c7-5-1-3-6(8,4-2-5)12(9,10)11;1-3-5-4-2/h1-4,8H,(H,9,10,11);5H,3-4H2,1-2H3. The second-order valence-corrected chi connectivity index (χ2v) is 4.86. The predicted molar refractivity (Wildman–Crippen MR) is 64.0 cm³/mol. The van der Waals surface area contributed by atoms with E-state index in [0.717, 1.165) is 25.2 Å². The van der Waals surface area contributed by atoms with E-state index in [2.05, 4.69) is 19.2 Å². The van der Waals surface area contributed by atoms with Gasteiger partial charge in [-0.15, -0.1) is 0 Å². The summed E-state index contributed by atoms with van der Waals surface area (Å²) in [6.07, 6.45) is 3.16. The topological polar surface area (TPSA) is 104 Å². The number of allylic oxidation sites excluding steroid dienone is 2. The lowest BCUT2D eigenvalue weighted by Gasteiger charge is -2.17. The van der Waals surface area contributed by atoms with Crippen molar-refractivity contribution in [2.24, 2.45) is 0 Å². The Morgan fingerprint density at radius 2 is 1.65 bits per heavy atom. The van der Waals surface area contributed by atoms with E-state index in [1.165, 1.54) is 0 Å². The van der Waals surface area contributed by atoms with Crippen LogP contribution in [-0.2, 0) is 14.9 Å². The molecule has 6 nitrogen and oxygen atoms in total. The Labute approximate surface area is 101 Å². The lowest BCUT2D eigenvalue weighted by atomic mass is 10.1. The number of nitrogens with one attached hydrogen (secondary N) is 1. The van der Waals surface area contributed by atoms with Gasteiger partial charge in [0.1, 0.15) is 0 Å². The average molecular weight is 263 g/mol. The molecule has 0 amide bonds. The van der Waals surface area contributed by atoms with Gasteiger partial charge in [-0.3, -0.25) is 9.35 Å². The summed E-state index contributed by atoms with van der Waals surface area (Å²) in [5.74, 6) is -0.441. The van der Waals surface area contributed by atoms with Crippen LogP contribution in [-0.4, -0.2) is 41.9 Å². The number of carbonyl (C=O) groups is 1. The van der Waals surface area contributed by atoms with E-state index in [1.807, 2.05) is 0 Å². The predicted octanol–water partition coefficient (Wildman–Crippen LogP) is -0.126. The van der Waals surface area contributed by atoms with Gasteiger partial charge in [0.15, 0.2) is 5.78 Å². The van der Waals surface area contributed by atoms with Crippen molar-refractivity contribution in [3.8, 4) is 0 Å². The number of ketones is 1. The van der Waals surface area contributed by atoms with Crippen molar-refractivity contribution in [1.29, 1.82) is 0 Å². The monoisotopic (exact) mass is 263 g/mol. The number of hydrogen-bond acceptors (Lipinski definition) is 5. The molecule has 0 bridgehead atoms. The van der Waals surface area contributed by atoms with Gasteiger partial charge in [0, 0.05) is 0 Å². The van der Waals surface area contributed by atoms with Crippen molar-refractivity contribution in [3.05, 3.63) is 24.3 Å². The zero-order valence-electron chi connectivity index (χ0n) is 9.75. The molecule has 0 aromatic carbocycles. The number of rotatable bonds is 3. The molecule has 0 aromatic rings. The third-order valence-corrected chi connectivity index (χ3v) is 2.98. The van der Waals surface area contributed by atoms with Gasteiger partial charge < -0.3 is 10.4 Å². The first kappa shape index (κ1) is 16.0. The summed E-state index contributed by atoms with van der Waals surface area (Å²) in [6.45, 7) is 6.39. The van der Waals surface area contributed by atoms with Gasteiger partial charge in [-0.05, 0) is 37.4 Å². The molecule has 98 valence electrons. The molecule has 0 saturated carbocycles. The van der Waals surface area contributed by atoms with Crippen LogP contribution in [0.15, 0.2) is 24.3 Å². The maximum absolute atomic E-state index is 10.5. The molecule has 1 rings (SSSR count). The van der Waals surface area contributed by atoms with Crippen LogP contribution >= 0.6 is 0 Å². The molecule has 0 aliphatic heterocycles. The van der Waals surface area contributed by atoms with Crippen molar-refractivity contribution >= 4 is 15.9 Å². The Balaban J connectivity index is 0.000000437. The molecule has 7 heteroatoms. The van der Waals surface area contributed by atoms with E-state index < -0.39 is 20.8 Å². The smallest absolute Gasteiger partial charge is 0.302 e. The molecule has 1 aliphatic rings. The van der Waals surface area contributed by atoms with Gasteiger partial charge in [-0.1, -0.05) is 13.8 Å². The highest BCUT2D eigenvalue weighted by Crippen LogP contribution is 2.19. The highest BCUT2D eigenvalue weighted by molar-refractivity contribution is 7.87. The van der Waals surface area contributed by atoms with E-state index in [0.29, 0.717) is 12.2 Å². The molecule has 0 atom stereocenters. The SMILES string of the molecule is CCNCC.O=C1C=CC(O)(S(=O)(=O)O)C=C1. The molecule has 17 heavy (non-hydrogen) atoms. The Hall–Kier alpha value is -1.02. The summed E-state index contributed by atoms with van der Waals surface area (Å²) in [5, 5.41) is 12.3. The van der Waals surface area contributed by atoms with Crippen molar-refractivity contribution < 1.29 is 22.9 Å². The van der Waals surface area contributed by atoms with E-state index >= 15 is 0 Å². The minimum atomic E-state index is -4.62. The molecular weight excluding hydrogens is 246 g/mol. The number of carbonyl (C=O) groups excluding carboxylic acids is 1. The zero-order chi connectivity index (χ0) is 13.5. The van der Waals surface area contributed by atoms with Crippen LogP contribution in [0.1, 0.15) is 13.8 Å². The maximum Gasteiger partial charge on any atom is 0.302 e. The fraction of sp³-hybridized carbons (Fsp3) is 0.500. The quantitative estimate of drug-likeness (QED) is 0.613. The van der Waals surface area contributed by atoms with E-state index in [4.69, 9.17) is 9.66 Å². The number of aliphatic hydroxyl groups is 1. The maximum atomic E-state index is 10.5. The zero-order valence-corrected chi connectivity index (χ0v) is 10.6. The molecule has 0 aromatic heterocycles. The fourth-order valence-electron chi connectivity index (χ4n) is 0.936. The second kappa shape index (κ2) is 6.65. The lowest BCUT2D eigenvalue weighted by molar-refractivity contribution is -0.110. The first-order chi connectivity index (χ1) is 7.77. The van der Waals surface area contributed by atoms with E-state index in [-0.39, 0.29) is 0 Å². The van der Waals surface area contributed by atoms with Crippen molar-refractivity contribution in [2.75, 3.05) is 13.1 Å². The van der Waals surface area contributed by atoms with E-state index in [9.17, 15) is 13.2 Å². The summed E-state index contributed by atoms with van der Waals surface area (Å²) in [4.78, 5) is 8.06. The largest absolute Gasteiger partial charge is 0.366 e. The third-order valence-electron chi connectivity index (χ3n) is 1.89. The normalized spacial score (nSPS) is 17.5. The minimum Gasteiger partial charge on any atom is -0.366 e. The molecule has 0 saturated heterocycles. The summed E-state index contributed by atoms with van der Waals surface area (Å²) in [6, 6.07) is 0. The van der Waals surface area contributed by atoms with Crippen LogP contribution in [0.5, 0.6) is 0 Å². The molecule has 3 N–H and O–H groups in total. The Morgan fingerprint density at radius 3 is 1.88 bits per heavy atom. The number of hydrogen-bond donors (Lipinski definition) is 3. The summed E-state index contributed by atoms with van der Waals surface area (Å²) in [7, 11) is -4.62. The minimum absolute atomic E-state index is 0.441. The third kappa shape index (κ3) is 5.22. The molecule has 0 fully saturated rings. The van der Waals surface area contributed by atoms with Crippen LogP contribution in [0.3, 0.4) is 0 Å². The Bertz CT molecular complexity index is 392. The first-order valence-electron chi connectivity index (χ1n) is 5.09. The van der Waals surface area contributed by atoms with Crippen LogP contribution < -0.4 is 5.32 Å². The summed E-state index contributed by atoms with van der Waals surface area (Å²) in [5.41, 5.74) is 0. The molecule has 0 spiro atoms. The fourth-order valence-corrected chi connectivity index (χ4v) is 1.42. The van der Waals surface area contributed by atoms with Gasteiger partial charge >= 0.3 is 10.1 Å². The van der Waals surface area contributed by atoms with Crippen LogP contribution in [0.4, 0.5) is 0 Å². The van der Waals surface area contributed by atoms with Crippen molar-refractivity contribution in [1.82, 2.24) is 5.32 Å². The molecule has 1 aliphatic carbocycles. The summed E-state index contributed by atoms with van der Waals surface area (Å²) >= 11 is 0. The first-order valence-corrected chi connectivity index (χ1v) is 6.53. The van der Waals surface area contributed by atoms with Gasteiger partial charge in [-0.2, -0.15) is 8.42 Å². The summed E-state index contributed by atoms with van der Waals surface area (Å²) < 4.78 is 29.5. The van der Waals surface area contributed by atoms with Crippen LogP contribution in [0, 0.1) is 0 Å². The second-order valence-electron chi connectivity index (χ2n) is 3.25. The van der Waals surface area contributed by atoms with E-state index in [1.54, 1.807) is 0 Å².